The van der Waals surface area contributed by atoms with Gasteiger partial charge in [-0.25, -0.2) is 9.97 Å². The fourth-order valence-corrected chi connectivity index (χ4v) is 2.07. The van der Waals surface area contributed by atoms with Gasteiger partial charge in [0, 0.05) is 31.6 Å². The molecule has 21 heavy (non-hydrogen) atoms. The summed E-state index contributed by atoms with van der Waals surface area (Å²) in [6.45, 7) is 11.7. The lowest BCUT2D eigenvalue weighted by Gasteiger charge is -2.25. The Bertz CT molecular complexity index is 495. The molecule has 118 valence electrons. The molecule has 0 aliphatic heterocycles. The van der Waals surface area contributed by atoms with Crippen molar-refractivity contribution in [2.75, 3.05) is 31.6 Å². The molecule has 1 amide bonds. The molecule has 0 fully saturated rings. The van der Waals surface area contributed by atoms with E-state index in [0.717, 1.165) is 0 Å². The summed E-state index contributed by atoms with van der Waals surface area (Å²) in [7, 11) is 1.84. The molecule has 5 nitrogen and oxygen atoms in total. The largest absolute Gasteiger partial charge is 0.350 e. The van der Waals surface area contributed by atoms with Crippen LogP contribution < -0.4 is 4.90 Å². The number of anilines is 1. The van der Waals surface area contributed by atoms with Crippen LogP contribution in [0.5, 0.6) is 0 Å². The van der Waals surface area contributed by atoms with Crippen molar-refractivity contribution in [3.63, 3.8) is 0 Å². The van der Waals surface area contributed by atoms with Crippen molar-refractivity contribution in [1.82, 2.24) is 14.9 Å². The molecule has 0 aliphatic carbocycles. The van der Waals surface area contributed by atoms with Crippen LogP contribution in [0.3, 0.4) is 0 Å². The van der Waals surface area contributed by atoms with Crippen molar-refractivity contribution in [3.05, 3.63) is 17.0 Å². The Balaban J connectivity index is 2.95. The molecule has 0 aromatic carbocycles. The average Bonchev–Trinajstić information content (AvgIpc) is 2.38. The van der Waals surface area contributed by atoms with E-state index < -0.39 is 0 Å². The minimum absolute atomic E-state index is 0.0783. The molecule has 0 spiro atoms. The summed E-state index contributed by atoms with van der Waals surface area (Å²) < 4.78 is 0. The summed E-state index contributed by atoms with van der Waals surface area (Å²) in [4.78, 5) is 24.6. The van der Waals surface area contributed by atoms with Gasteiger partial charge in [0.15, 0.2) is 0 Å². The van der Waals surface area contributed by atoms with Gasteiger partial charge in [-0.3, -0.25) is 4.79 Å². The molecule has 1 aromatic rings. The Hall–Kier alpha value is -1.36. The van der Waals surface area contributed by atoms with Crippen molar-refractivity contribution in [1.29, 1.82) is 0 Å². The first kappa shape index (κ1) is 17.7. The van der Waals surface area contributed by atoms with Gasteiger partial charge >= 0.3 is 0 Å². The fourth-order valence-electron chi connectivity index (χ4n) is 1.90. The molecule has 0 radical (unpaired) electrons. The number of halogens is 1. The normalized spacial score (nSPS) is 11.4. The van der Waals surface area contributed by atoms with Crippen LogP contribution in [0.1, 0.15) is 40.4 Å². The quantitative estimate of drug-likeness (QED) is 0.784. The zero-order chi connectivity index (χ0) is 16.2. The maximum Gasteiger partial charge on any atom is 0.242 e. The van der Waals surface area contributed by atoms with Crippen LogP contribution >= 0.6 is 11.6 Å². The molecule has 1 heterocycles. The predicted octanol–water partition coefficient (Wildman–Crippen LogP) is 2.73. The summed E-state index contributed by atoms with van der Waals surface area (Å²) >= 11 is 6.08. The zero-order valence-corrected chi connectivity index (χ0v) is 14.5. The van der Waals surface area contributed by atoms with E-state index in [1.165, 1.54) is 0 Å². The van der Waals surface area contributed by atoms with E-state index in [1.807, 2.05) is 46.6 Å². The Morgan fingerprint density at radius 3 is 2.29 bits per heavy atom. The Morgan fingerprint density at radius 2 is 1.81 bits per heavy atom. The van der Waals surface area contributed by atoms with E-state index in [9.17, 15) is 4.79 Å². The van der Waals surface area contributed by atoms with Crippen molar-refractivity contribution < 1.29 is 4.79 Å². The van der Waals surface area contributed by atoms with Gasteiger partial charge in [-0.1, -0.05) is 32.4 Å². The van der Waals surface area contributed by atoms with Gasteiger partial charge in [0.25, 0.3) is 0 Å². The number of amides is 1. The van der Waals surface area contributed by atoms with Crippen LogP contribution in [0, 0.1) is 0 Å². The van der Waals surface area contributed by atoms with Crippen molar-refractivity contribution in [2.45, 2.75) is 40.0 Å². The van der Waals surface area contributed by atoms with Crippen LogP contribution in [0.25, 0.3) is 0 Å². The monoisotopic (exact) mass is 312 g/mol. The molecule has 1 aromatic heterocycles. The highest BCUT2D eigenvalue weighted by atomic mass is 35.5. The lowest BCUT2D eigenvalue weighted by atomic mass is 9.96. The second-order valence-electron chi connectivity index (χ2n) is 6.04. The summed E-state index contributed by atoms with van der Waals surface area (Å²) in [5, 5.41) is 0.395. The third kappa shape index (κ3) is 4.84. The van der Waals surface area contributed by atoms with Crippen LogP contribution in [0.4, 0.5) is 5.82 Å². The topological polar surface area (TPSA) is 49.3 Å². The smallest absolute Gasteiger partial charge is 0.242 e. The molecule has 0 saturated heterocycles. The number of nitrogens with zero attached hydrogens (tertiary/aromatic N) is 4. The summed E-state index contributed by atoms with van der Waals surface area (Å²) in [6.07, 6.45) is 0. The molecular weight excluding hydrogens is 288 g/mol. The van der Waals surface area contributed by atoms with Crippen LogP contribution in [0.2, 0.25) is 5.15 Å². The Labute approximate surface area is 132 Å². The highest BCUT2D eigenvalue weighted by molar-refractivity contribution is 6.29. The maximum atomic E-state index is 12.2. The van der Waals surface area contributed by atoms with Crippen LogP contribution in [-0.2, 0) is 10.2 Å². The minimum atomic E-state index is -0.191. The van der Waals surface area contributed by atoms with Gasteiger partial charge in [0.2, 0.25) is 5.91 Å². The standard InChI is InChI=1S/C15H25ClN4O/c1-7-20(8-2)13(21)10-19(6)12-9-11(16)17-14(18-12)15(3,4)5/h9H,7-8,10H2,1-6H3. The minimum Gasteiger partial charge on any atom is -0.350 e. The van der Waals surface area contributed by atoms with E-state index in [2.05, 4.69) is 9.97 Å². The first-order chi connectivity index (χ1) is 9.68. The van der Waals surface area contributed by atoms with Crippen LogP contribution in [0.15, 0.2) is 6.07 Å². The van der Waals surface area contributed by atoms with Crippen molar-refractivity contribution >= 4 is 23.3 Å². The van der Waals surface area contributed by atoms with E-state index in [1.54, 1.807) is 11.0 Å². The second kappa shape index (κ2) is 7.07. The van der Waals surface area contributed by atoms with Gasteiger partial charge in [-0.05, 0) is 13.8 Å². The van der Waals surface area contributed by atoms with Gasteiger partial charge in [0.1, 0.15) is 16.8 Å². The Kier molecular flexibility index (Phi) is 5.96. The first-order valence-electron chi connectivity index (χ1n) is 7.23. The van der Waals surface area contributed by atoms with Gasteiger partial charge in [-0.15, -0.1) is 0 Å². The third-order valence-electron chi connectivity index (χ3n) is 3.23. The van der Waals surface area contributed by atoms with E-state index in [-0.39, 0.29) is 17.9 Å². The SMILES string of the molecule is CCN(CC)C(=O)CN(C)c1cc(Cl)nc(C(C)(C)C)n1. The maximum absolute atomic E-state index is 12.2. The Morgan fingerprint density at radius 1 is 1.24 bits per heavy atom. The molecule has 1 rings (SSSR count). The molecule has 0 unspecified atom stereocenters. The molecule has 0 N–H and O–H groups in total. The van der Waals surface area contributed by atoms with Crippen molar-refractivity contribution in [3.8, 4) is 0 Å². The van der Waals surface area contributed by atoms with Crippen LogP contribution in [-0.4, -0.2) is 47.5 Å². The number of aromatic nitrogens is 2. The predicted molar refractivity (Wildman–Crippen MR) is 86.9 cm³/mol. The number of likely N-dealkylation sites (N-methyl/N-ethyl adjacent to an activating group) is 2. The van der Waals surface area contributed by atoms with E-state index in [4.69, 9.17) is 11.6 Å². The molecule has 0 atom stereocenters. The first-order valence-corrected chi connectivity index (χ1v) is 7.60. The molecule has 0 bridgehead atoms. The lowest BCUT2D eigenvalue weighted by molar-refractivity contribution is -0.129. The fraction of sp³-hybridized carbons (Fsp3) is 0.667. The van der Waals surface area contributed by atoms with Crippen molar-refractivity contribution in [2.24, 2.45) is 0 Å². The molecule has 6 heteroatoms. The van der Waals surface area contributed by atoms with E-state index >= 15 is 0 Å². The number of hydrogen-bond acceptors (Lipinski definition) is 4. The molecule has 0 aliphatic rings. The summed E-state index contributed by atoms with van der Waals surface area (Å²) in [5.74, 6) is 1.42. The number of hydrogen-bond donors (Lipinski definition) is 0. The number of carbonyl (C=O) groups excluding carboxylic acids is 1. The summed E-state index contributed by atoms with van der Waals surface area (Å²) in [6, 6.07) is 1.69. The summed E-state index contributed by atoms with van der Waals surface area (Å²) in [5.41, 5.74) is -0.191. The highest BCUT2D eigenvalue weighted by Gasteiger charge is 2.21. The highest BCUT2D eigenvalue weighted by Crippen LogP contribution is 2.23. The second-order valence-corrected chi connectivity index (χ2v) is 6.43. The van der Waals surface area contributed by atoms with Gasteiger partial charge in [0.05, 0.1) is 6.54 Å². The average molecular weight is 313 g/mol. The zero-order valence-electron chi connectivity index (χ0n) is 13.8. The lowest BCUT2D eigenvalue weighted by Crippen LogP contribution is -2.39. The number of carbonyl (C=O) groups is 1. The van der Waals surface area contributed by atoms with E-state index in [0.29, 0.717) is 29.9 Å². The number of rotatable bonds is 5. The van der Waals surface area contributed by atoms with Gasteiger partial charge < -0.3 is 9.80 Å². The molecular formula is C15H25ClN4O. The molecule has 0 saturated carbocycles. The third-order valence-corrected chi connectivity index (χ3v) is 3.43. The van der Waals surface area contributed by atoms with Gasteiger partial charge in [-0.2, -0.15) is 0 Å².